The molecule has 0 saturated carbocycles. The van der Waals surface area contributed by atoms with Gasteiger partial charge in [-0.2, -0.15) is 0 Å². The van der Waals surface area contributed by atoms with Gasteiger partial charge in [0.15, 0.2) is 0 Å². The highest BCUT2D eigenvalue weighted by atomic mass is 32.1. The molecule has 4 aromatic rings. The number of hydrogen-bond acceptors (Lipinski definition) is 5. The van der Waals surface area contributed by atoms with Gasteiger partial charge in [-0.3, -0.25) is 14.6 Å². The van der Waals surface area contributed by atoms with Crippen molar-refractivity contribution in [2.45, 2.75) is 33.1 Å². The maximum absolute atomic E-state index is 13.2. The molecule has 5 rings (SSSR count). The van der Waals surface area contributed by atoms with E-state index in [4.69, 9.17) is 4.98 Å². The Bertz CT molecular complexity index is 1380. The molecule has 2 amide bonds. The van der Waals surface area contributed by atoms with Crippen LogP contribution in [0.2, 0.25) is 0 Å². The number of anilines is 2. The fraction of sp³-hybridized carbons (Fsp3) is 0.241. The first-order valence-corrected chi connectivity index (χ1v) is 13.1. The van der Waals surface area contributed by atoms with Gasteiger partial charge in [0.1, 0.15) is 5.01 Å². The number of pyridine rings is 1. The summed E-state index contributed by atoms with van der Waals surface area (Å²) < 4.78 is 0. The fourth-order valence-corrected chi connectivity index (χ4v) is 5.48. The van der Waals surface area contributed by atoms with E-state index in [9.17, 15) is 9.59 Å². The number of aromatic nitrogens is 2. The maximum Gasteiger partial charge on any atom is 0.229 e. The first kappa shape index (κ1) is 23.9. The summed E-state index contributed by atoms with van der Waals surface area (Å²) in [7, 11) is 0. The molecule has 0 spiro atoms. The fourth-order valence-electron chi connectivity index (χ4n) is 4.67. The molecule has 0 bridgehead atoms. The number of carbonyl (C=O) groups excluding carboxylic acids is 2. The van der Waals surface area contributed by atoms with Crippen LogP contribution in [0.1, 0.15) is 31.4 Å². The van der Waals surface area contributed by atoms with Crippen molar-refractivity contribution in [3.8, 4) is 22.0 Å². The van der Waals surface area contributed by atoms with E-state index in [1.54, 1.807) is 6.20 Å². The van der Waals surface area contributed by atoms with Crippen molar-refractivity contribution in [1.29, 1.82) is 0 Å². The molecule has 3 heterocycles. The lowest BCUT2D eigenvalue weighted by molar-refractivity contribution is -0.122. The summed E-state index contributed by atoms with van der Waals surface area (Å²) in [5, 5.41) is 5.87. The van der Waals surface area contributed by atoms with Gasteiger partial charge in [-0.15, -0.1) is 11.3 Å². The third-order valence-corrected chi connectivity index (χ3v) is 7.41. The number of benzene rings is 2. The molecule has 7 heteroatoms. The van der Waals surface area contributed by atoms with Gasteiger partial charge in [-0.1, -0.05) is 50.2 Å². The highest BCUT2D eigenvalue weighted by Crippen LogP contribution is 2.33. The lowest BCUT2D eigenvalue weighted by Crippen LogP contribution is -2.29. The monoisotopic (exact) mass is 496 g/mol. The lowest BCUT2D eigenvalue weighted by atomic mass is 10.0. The molecule has 1 aliphatic rings. The Morgan fingerprint density at radius 2 is 1.81 bits per heavy atom. The van der Waals surface area contributed by atoms with E-state index in [1.807, 2.05) is 58.8 Å². The summed E-state index contributed by atoms with van der Waals surface area (Å²) in [6, 6.07) is 19.6. The third-order valence-electron chi connectivity index (χ3n) is 6.54. The van der Waals surface area contributed by atoms with E-state index in [-0.39, 0.29) is 18.2 Å². The number of para-hydroxylation sites is 1. The van der Waals surface area contributed by atoms with Gasteiger partial charge in [-0.25, -0.2) is 4.98 Å². The van der Waals surface area contributed by atoms with Gasteiger partial charge in [0.25, 0.3) is 0 Å². The highest BCUT2D eigenvalue weighted by molar-refractivity contribution is 7.13. The Kier molecular flexibility index (Phi) is 6.91. The standard InChI is InChI=1S/C29H28N4O2S/c1-3-19-9-7-10-20(4-2)27(19)33-17-22(16-26(33)34)28(35)31-23-12-8-11-21(15-23)25-18-36-29(32-25)24-13-5-6-14-30-24/h5-15,18,22H,3-4,16-17H2,1-2H3,(H,31,35). The molecule has 182 valence electrons. The average molecular weight is 497 g/mol. The number of amides is 2. The van der Waals surface area contributed by atoms with Gasteiger partial charge in [0.2, 0.25) is 11.8 Å². The smallest absolute Gasteiger partial charge is 0.229 e. The average Bonchev–Trinajstić information content (AvgIpc) is 3.56. The van der Waals surface area contributed by atoms with E-state index in [2.05, 4.69) is 36.3 Å². The summed E-state index contributed by atoms with van der Waals surface area (Å²) in [6.45, 7) is 4.59. The van der Waals surface area contributed by atoms with Crippen molar-refractivity contribution in [1.82, 2.24) is 9.97 Å². The normalized spacial score (nSPS) is 15.3. The number of thiazole rings is 1. The summed E-state index contributed by atoms with van der Waals surface area (Å²) in [6.07, 6.45) is 3.65. The van der Waals surface area contributed by atoms with Crippen molar-refractivity contribution in [3.05, 3.63) is 83.4 Å². The molecule has 2 aromatic heterocycles. The van der Waals surface area contributed by atoms with Crippen molar-refractivity contribution in [3.63, 3.8) is 0 Å². The van der Waals surface area contributed by atoms with E-state index < -0.39 is 5.92 Å². The first-order chi connectivity index (χ1) is 17.6. The van der Waals surface area contributed by atoms with Gasteiger partial charge in [-0.05, 0) is 48.2 Å². The lowest BCUT2D eigenvalue weighted by Gasteiger charge is -2.23. The number of nitrogens with zero attached hydrogens (tertiary/aromatic N) is 3. The first-order valence-electron chi connectivity index (χ1n) is 12.3. The third kappa shape index (κ3) is 4.79. The predicted octanol–water partition coefficient (Wildman–Crippen LogP) is 5.99. The van der Waals surface area contributed by atoms with E-state index in [0.717, 1.165) is 51.6 Å². The molecule has 1 N–H and O–H groups in total. The van der Waals surface area contributed by atoms with Crippen LogP contribution in [0, 0.1) is 5.92 Å². The molecule has 2 aromatic carbocycles. The molecular formula is C29H28N4O2S. The Hall–Kier alpha value is -3.84. The quantitative estimate of drug-likeness (QED) is 0.341. The van der Waals surface area contributed by atoms with Crippen LogP contribution in [0.25, 0.3) is 22.0 Å². The molecule has 1 aliphatic heterocycles. The summed E-state index contributed by atoms with van der Waals surface area (Å²) in [4.78, 5) is 37.1. The molecule has 1 saturated heterocycles. The summed E-state index contributed by atoms with van der Waals surface area (Å²) in [5.74, 6) is -0.530. The van der Waals surface area contributed by atoms with E-state index in [1.165, 1.54) is 11.3 Å². The zero-order chi connectivity index (χ0) is 25.1. The second kappa shape index (κ2) is 10.4. The van der Waals surface area contributed by atoms with Gasteiger partial charge < -0.3 is 10.2 Å². The minimum atomic E-state index is -0.397. The molecule has 6 nitrogen and oxygen atoms in total. The molecule has 1 unspecified atom stereocenters. The second-order valence-electron chi connectivity index (χ2n) is 8.86. The minimum Gasteiger partial charge on any atom is -0.326 e. The molecule has 0 aliphatic carbocycles. The van der Waals surface area contributed by atoms with Crippen LogP contribution in [-0.2, 0) is 22.4 Å². The number of nitrogens with one attached hydrogen (secondary N) is 1. The SMILES string of the molecule is CCc1cccc(CC)c1N1CC(C(=O)Nc2cccc(-c3csc(-c4ccccn4)n3)c2)CC1=O. The van der Waals surface area contributed by atoms with Crippen LogP contribution < -0.4 is 10.2 Å². The zero-order valence-electron chi connectivity index (χ0n) is 20.4. The van der Waals surface area contributed by atoms with Gasteiger partial charge >= 0.3 is 0 Å². The Morgan fingerprint density at radius 1 is 1.03 bits per heavy atom. The zero-order valence-corrected chi connectivity index (χ0v) is 21.2. The van der Waals surface area contributed by atoms with E-state index >= 15 is 0 Å². The molecule has 1 atom stereocenters. The summed E-state index contributed by atoms with van der Waals surface area (Å²) >= 11 is 1.54. The maximum atomic E-state index is 13.2. The highest BCUT2D eigenvalue weighted by Gasteiger charge is 2.36. The van der Waals surface area contributed by atoms with Crippen LogP contribution in [-0.4, -0.2) is 28.3 Å². The Balaban J connectivity index is 1.31. The van der Waals surface area contributed by atoms with Crippen LogP contribution in [0.3, 0.4) is 0 Å². The van der Waals surface area contributed by atoms with Crippen LogP contribution in [0.15, 0.2) is 72.2 Å². The van der Waals surface area contributed by atoms with Crippen LogP contribution in [0.4, 0.5) is 11.4 Å². The molecule has 36 heavy (non-hydrogen) atoms. The summed E-state index contributed by atoms with van der Waals surface area (Å²) in [5.41, 5.74) is 6.55. The molecular weight excluding hydrogens is 468 g/mol. The second-order valence-corrected chi connectivity index (χ2v) is 9.72. The van der Waals surface area contributed by atoms with Crippen molar-refractivity contribution < 1.29 is 9.59 Å². The number of rotatable bonds is 7. The topological polar surface area (TPSA) is 75.2 Å². The Labute approximate surface area is 215 Å². The van der Waals surface area contributed by atoms with Crippen molar-refractivity contribution in [2.75, 3.05) is 16.8 Å². The van der Waals surface area contributed by atoms with E-state index in [0.29, 0.717) is 12.2 Å². The Morgan fingerprint density at radius 3 is 2.53 bits per heavy atom. The largest absolute Gasteiger partial charge is 0.326 e. The minimum absolute atomic E-state index is 0.00373. The number of aryl methyl sites for hydroxylation is 2. The number of hydrogen-bond donors (Lipinski definition) is 1. The molecule has 1 fully saturated rings. The van der Waals surface area contributed by atoms with Crippen LogP contribution in [0.5, 0.6) is 0 Å². The van der Waals surface area contributed by atoms with Crippen molar-refractivity contribution in [2.24, 2.45) is 5.92 Å². The van der Waals surface area contributed by atoms with Crippen molar-refractivity contribution >= 4 is 34.5 Å². The predicted molar refractivity (Wildman–Crippen MR) is 145 cm³/mol. The van der Waals surface area contributed by atoms with Crippen LogP contribution >= 0.6 is 11.3 Å². The number of carbonyl (C=O) groups is 2. The van der Waals surface area contributed by atoms with Gasteiger partial charge in [0.05, 0.1) is 17.3 Å². The molecule has 0 radical (unpaired) electrons. The van der Waals surface area contributed by atoms with Gasteiger partial charge in [0, 0.05) is 41.5 Å².